The quantitative estimate of drug-likeness (QED) is 0.600. The number of hydrogen-bond donors (Lipinski definition) is 1. The lowest BCUT2D eigenvalue weighted by atomic mass is 9.90. The van der Waals surface area contributed by atoms with Crippen LogP contribution in [-0.2, 0) is 12.4 Å². The van der Waals surface area contributed by atoms with E-state index in [1.807, 2.05) is 0 Å². The van der Waals surface area contributed by atoms with E-state index in [-0.39, 0.29) is 12.0 Å². The maximum absolute atomic E-state index is 13.5. The van der Waals surface area contributed by atoms with Crippen molar-refractivity contribution in [2.75, 3.05) is 32.1 Å². The van der Waals surface area contributed by atoms with Gasteiger partial charge in [0.1, 0.15) is 5.82 Å². The van der Waals surface area contributed by atoms with Gasteiger partial charge in [0.05, 0.1) is 17.2 Å². The molecule has 2 amide bonds. The molecule has 2 atom stereocenters. The Labute approximate surface area is 186 Å². The molecule has 1 heterocycles. The van der Waals surface area contributed by atoms with Crippen LogP contribution in [0.15, 0.2) is 36.4 Å². The highest BCUT2D eigenvalue weighted by atomic mass is 19.4. The van der Waals surface area contributed by atoms with Crippen molar-refractivity contribution in [3.63, 3.8) is 0 Å². The maximum atomic E-state index is 13.5. The molecule has 1 aliphatic rings. The van der Waals surface area contributed by atoms with Gasteiger partial charge in [-0.25, -0.2) is 9.18 Å². The fourth-order valence-electron chi connectivity index (χ4n) is 4.07. The molecule has 4 nitrogen and oxygen atoms in total. The molecular weight excluding hydrogens is 455 g/mol. The minimum atomic E-state index is -5.02. The Balaban J connectivity index is 1.91. The van der Waals surface area contributed by atoms with E-state index in [9.17, 15) is 35.5 Å². The minimum Gasteiger partial charge on any atom is -0.322 e. The summed E-state index contributed by atoms with van der Waals surface area (Å²) in [7, 11) is 2.55. The van der Waals surface area contributed by atoms with Gasteiger partial charge in [-0.15, -0.1) is 0 Å². The van der Waals surface area contributed by atoms with Gasteiger partial charge in [0, 0.05) is 38.8 Å². The third kappa shape index (κ3) is 5.23. The molecule has 1 N–H and O–H groups in total. The average molecular weight is 477 g/mol. The number of rotatable bonds is 3. The van der Waals surface area contributed by atoms with Crippen LogP contribution in [0.4, 0.5) is 41.2 Å². The van der Waals surface area contributed by atoms with Crippen LogP contribution in [-0.4, -0.2) is 44.2 Å². The van der Waals surface area contributed by atoms with E-state index < -0.39 is 47.1 Å². The number of benzene rings is 2. The average Bonchev–Trinajstić information content (AvgIpc) is 3.20. The standard InChI is InChI=1S/C22H22F7N3O/c1-12-6-15(23)4-5-17(12)18-10-30-11-19(18)32(3)20(33)31(2)16-8-13(21(24,25)26)7-14(9-16)22(27,28)29/h4-9,18-19,30H,10-11H2,1-3H3. The smallest absolute Gasteiger partial charge is 0.322 e. The number of alkyl halides is 6. The fraction of sp³-hybridized carbons (Fsp3) is 0.409. The zero-order valence-electron chi connectivity index (χ0n) is 18.0. The number of carbonyl (C=O) groups is 1. The Morgan fingerprint density at radius 3 is 2.03 bits per heavy atom. The number of nitrogens with zero attached hydrogens (tertiary/aromatic N) is 2. The van der Waals surface area contributed by atoms with E-state index in [1.165, 1.54) is 24.1 Å². The Hall–Kier alpha value is -2.82. The summed E-state index contributed by atoms with van der Waals surface area (Å²) in [6.45, 7) is 2.55. The third-order valence-corrected chi connectivity index (χ3v) is 5.86. The summed E-state index contributed by atoms with van der Waals surface area (Å²) in [5.41, 5.74) is -2.06. The van der Waals surface area contributed by atoms with E-state index in [0.29, 0.717) is 30.8 Å². The molecule has 2 aromatic carbocycles. The zero-order valence-corrected chi connectivity index (χ0v) is 18.0. The molecule has 0 aliphatic carbocycles. The summed E-state index contributed by atoms with van der Waals surface area (Å²) in [5, 5.41) is 3.13. The Morgan fingerprint density at radius 2 is 1.52 bits per heavy atom. The molecule has 2 unspecified atom stereocenters. The molecule has 1 saturated heterocycles. The number of carbonyl (C=O) groups excluding carboxylic acids is 1. The number of aryl methyl sites for hydroxylation is 1. The normalized spacial score (nSPS) is 19.0. The van der Waals surface area contributed by atoms with Gasteiger partial charge in [0.15, 0.2) is 0 Å². The van der Waals surface area contributed by atoms with Crippen molar-refractivity contribution in [3.05, 3.63) is 64.5 Å². The lowest BCUT2D eigenvalue weighted by molar-refractivity contribution is -0.143. The number of urea groups is 1. The van der Waals surface area contributed by atoms with E-state index in [2.05, 4.69) is 5.32 Å². The largest absolute Gasteiger partial charge is 0.416 e. The fourth-order valence-corrected chi connectivity index (χ4v) is 4.07. The van der Waals surface area contributed by atoms with Gasteiger partial charge in [0.2, 0.25) is 0 Å². The van der Waals surface area contributed by atoms with Crippen molar-refractivity contribution in [1.82, 2.24) is 10.2 Å². The van der Waals surface area contributed by atoms with E-state index in [0.717, 1.165) is 17.5 Å². The van der Waals surface area contributed by atoms with E-state index in [4.69, 9.17) is 0 Å². The molecule has 0 saturated carbocycles. The molecule has 1 fully saturated rings. The van der Waals surface area contributed by atoms with Gasteiger partial charge in [-0.3, -0.25) is 4.90 Å². The Morgan fingerprint density at radius 1 is 0.939 bits per heavy atom. The topological polar surface area (TPSA) is 35.6 Å². The van der Waals surface area contributed by atoms with Gasteiger partial charge >= 0.3 is 18.4 Å². The molecule has 0 radical (unpaired) electrons. The summed E-state index contributed by atoms with van der Waals surface area (Å²) in [6.07, 6.45) is -10.0. The molecule has 0 spiro atoms. The first-order valence-corrected chi connectivity index (χ1v) is 9.97. The predicted molar refractivity (Wildman–Crippen MR) is 109 cm³/mol. The van der Waals surface area contributed by atoms with Gasteiger partial charge < -0.3 is 10.2 Å². The number of nitrogens with one attached hydrogen (secondary N) is 1. The van der Waals surface area contributed by atoms with Crippen LogP contribution in [0, 0.1) is 12.7 Å². The highest BCUT2D eigenvalue weighted by Gasteiger charge is 2.39. The first-order valence-electron chi connectivity index (χ1n) is 9.97. The monoisotopic (exact) mass is 477 g/mol. The summed E-state index contributed by atoms with van der Waals surface area (Å²) < 4.78 is 92.7. The molecule has 1 aliphatic heterocycles. The van der Waals surface area contributed by atoms with Crippen molar-refractivity contribution in [3.8, 4) is 0 Å². The first kappa shape index (κ1) is 24.8. The number of halogens is 7. The number of anilines is 1. The summed E-state index contributed by atoms with van der Waals surface area (Å²) >= 11 is 0. The lowest BCUT2D eigenvalue weighted by Crippen LogP contribution is -2.47. The molecule has 3 rings (SSSR count). The van der Waals surface area contributed by atoms with Crippen LogP contribution in [0.25, 0.3) is 0 Å². The second kappa shape index (κ2) is 8.85. The van der Waals surface area contributed by atoms with Crippen LogP contribution in [0.3, 0.4) is 0 Å². The van der Waals surface area contributed by atoms with Crippen molar-refractivity contribution in [2.45, 2.75) is 31.2 Å². The Bertz CT molecular complexity index is 1000. The highest BCUT2D eigenvalue weighted by molar-refractivity contribution is 5.92. The van der Waals surface area contributed by atoms with Crippen LogP contribution < -0.4 is 10.2 Å². The molecule has 180 valence electrons. The first-order chi connectivity index (χ1) is 15.2. The zero-order chi connectivity index (χ0) is 24.7. The predicted octanol–water partition coefficient (Wildman–Crippen LogP) is 5.42. The molecule has 33 heavy (non-hydrogen) atoms. The molecule has 0 bridgehead atoms. The SMILES string of the molecule is Cc1cc(F)ccc1C1CNCC1N(C)C(=O)N(C)c1cc(C(F)(F)F)cc(C(F)(F)F)c1. The van der Waals surface area contributed by atoms with Gasteiger partial charge in [0.25, 0.3) is 0 Å². The Kier molecular flexibility index (Phi) is 6.65. The lowest BCUT2D eigenvalue weighted by Gasteiger charge is -2.33. The second-order valence-corrected chi connectivity index (χ2v) is 8.05. The van der Waals surface area contributed by atoms with Gasteiger partial charge in [-0.2, -0.15) is 26.3 Å². The van der Waals surface area contributed by atoms with Crippen LogP contribution in [0.5, 0.6) is 0 Å². The summed E-state index contributed by atoms with van der Waals surface area (Å²) in [5.74, 6) is -0.645. The third-order valence-electron chi connectivity index (χ3n) is 5.86. The molecule has 11 heteroatoms. The van der Waals surface area contributed by atoms with Crippen molar-refractivity contribution < 1.29 is 35.5 Å². The van der Waals surface area contributed by atoms with Crippen LogP contribution >= 0.6 is 0 Å². The number of hydrogen-bond acceptors (Lipinski definition) is 2. The van der Waals surface area contributed by atoms with E-state index >= 15 is 0 Å². The maximum Gasteiger partial charge on any atom is 0.416 e. The molecule has 2 aromatic rings. The van der Waals surface area contributed by atoms with Crippen molar-refractivity contribution in [1.29, 1.82) is 0 Å². The second-order valence-electron chi connectivity index (χ2n) is 8.05. The van der Waals surface area contributed by atoms with Crippen molar-refractivity contribution >= 4 is 11.7 Å². The van der Waals surface area contributed by atoms with Crippen LogP contribution in [0.2, 0.25) is 0 Å². The number of likely N-dealkylation sites (N-methyl/N-ethyl adjacent to an activating group) is 1. The van der Waals surface area contributed by atoms with Crippen molar-refractivity contribution in [2.24, 2.45) is 0 Å². The highest BCUT2D eigenvalue weighted by Crippen LogP contribution is 2.38. The van der Waals surface area contributed by atoms with Gasteiger partial charge in [-0.05, 0) is 48.4 Å². The summed E-state index contributed by atoms with van der Waals surface area (Å²) in [6, 6.07) is 4.08. The summed E-state index contributed by atoms with van der Waals surface area (Å²) in [4.78, 5) is 15.1. The van der Waals surface area contributed by atoms with Crippen LogP contribution in [0.1, 0.15) is 28.2 Å². The van der Waals surface area contributed by atoms with E-state index in [1.54, 1.807) is 13.0 Å². The number of amides is 2. The minimum absolute atomic E-state index is 0.0137. The molecule has 0 aromatic heterocycles. The molecular formula is C22H22F7N3O. The van der Waals surface area contributed by atoms with Gasteiger partial charge in [-0.1, -0.05) is 6.07 Å².